The van der Waals surface area contributed by atoms with Gasteiger partial charge in [-0.3, -0.25) is 10.2 Å². The van der Waals surface area contributed by atoms with E-state index in [1.54, 1.807) is 0 Å². The van der Waals surface area contributed by atoms with Gasteiger partial charge in [0.05, 0.1) is 6.04 Å². The summed E-state index contributed by atoms with van der Waals surface area (Å²) in [6.07, 6.45) is 1.65. The van der Waals surface area contributed by atoms with E-state index in [1.165, 1.54) is 0 Å². The van der Waals surface area contributed by atoms with Crippen molar-refractivity contribution in [3.8, 4) is 0 Å². The highest BCUT2D eigenvalue weighted by Gasteiger charge is 2.37. The van der Waals surface area contributed by atoms with Crippen LogP contribution in [0.1, 0.15) is 33.6 Å². The topological polar surface area (TPSA) is 32.3 Å². The summed E-state index contributed by atoms with van der Waals surface area (Å²) in [5.41, 5.74) is 3.27. The van der Waals surface area contributed by atoms with Crippen molar-refractivity contribution in [1.29, 1.82) is 0 Å². The number of hydrogen-bond donors (Lipinski definition) is 1. The maximum atomic E-state index is 11.7. The van der Waals surface area contributed by atoms with Crippen LogP contribution < -0.4 is 5.43 Å². The molecular weight excluding hydrogens is 164 g/mol. The van der Waals surface area contributed by atoms with Gasteiger partial charge < -0.3 is 0 Å². The molecule has 0 aliphatic carbocycles. The molecule has 1 heterocycles. The number of nitrogens with zero attached hydrogens (tertiary/aromatic N) is 1. The van der Waals surface area contributed by atoms with Gasteiger partial charge in [0.25, 0.3) is 0 Å². The third-order valence-corrected chi connectivity index (χ3v) is 2.94. The molecule has 1 fully saturated rings. The van der Waals surface area contributed by atoms with Crippen molar-refractivity contribution < 1.29 is 4.79 Å². The van der Waals surface area contributed by atoms with Gasteiger partial charge in [-0.1, -0.05) is 13.8 Å². The van der Waals surface area contributed by atoms with Gasteiger partial charge in [0.2, 0.25) is 0 Å². The maximum Gasteiger partial charge on any atom is 0.151 e. The molecule has 3 unspecified atom stereocenters. The molecule has 0 radical (unpaired) electrons. The second kappa shape index (κ2) is 4.20. The van der Waals surface area contributed by atoms with E-state index in [4.69, 9.17) is 0 Å². The molecule has 76 valence electrons. The summed E-state index contributed by atoms with van der Waals surface area (Å²) in [5.74, 6) is 0.790. The van der Waals surface area contributed by atoms with Crippen LogP contribution in [-0.2, 0) is 4.79 Å². The fourth-order valence-corrected chi connectivity index (χ4v) is 2.05. The molecule has 0 amide bonds. The smallest absolute Gasteiger partial charge is 0.151 e. The lowest BCUT2D eigenvalue weighted by Gasteiger charge is -2.19. The number of Topliss-reactive ketones (excluding diaryl/α,β-unsaturated/α-hetero) is 1. The number of carbonyl (C=O) groups is 1. The summed E-state index contributed by atoms with van der Waals surface area (Å²) in [4.78, 5) is 11.7. The highest BCUT2D eigenvalue weighted by atomic mass is 16.1. The number of likely N-dealkylation sites (N-methyl/N-ethyl adjacent to an activating group) is 1. The van der Waals surface area contributed by atoms with Gasteiger partial charge in [0.15, 0.2) is 5.78 Å². The molecule has 1 aliphatic heterocycles. The first-order valence-corrected chi connectivity index (χ1v) is 5.09. The third-order valence-electron chi connectivity index (χ3n) is 2.94. The molecule has 1 aliphatic rings. The van der Waals surface area contributed by atoms with Gasteiger partial charge in [-0.25, -0.2) is 5.01 Å². The second-order valence-corrected chi connectivity index (χ2v) is 4.05. The molecule has 3 nitrogen and oxygen atoms in total. The number of carbonyl (C=O) groups excluding carboxylic acids is 1. The van der Waals surface area contributed by atoms with Gasteiger partial charge >= 0.3 is 0 Å². The lowest BCUT2D eigenvalue weighted by atomic mass is 9.92. The van der Waals surface area contributed by atoms with Crippen molar-refractivity contribution in [2.45, 2.75) is 45.7 Å². The Hall–Kier alpha value is -0.410. The Bertz CT molecular complexity index is 193. The van der Waals surface area contributed by atoms with Crippen LogP contribution in [0.2, 0.25) is 0 Å². The van der Waals surface area contributed by atoms with E-state index in [2.05, 4.69) is 19.3 Å². The lowest BCUT2D eigenvalue weighted by Crippen LogP contribution is -2.40. The minimum atomic E-state index is 0.0787. The summed E-state index contributed by atoms with van der Waals surface area (Å²) in [7, 11) is 1.96. The van der Waals surface area contributed by atoms with E-state index in [0.29, 0.717) is 24.2 Å². The van der Waals surface area contributed by atoms with E-state index < -0.39 is 0 Å². The van der Waals surface area contributed by atoms with Crippen molar-refractivity contribution in [2.75, 3.05) is 7.05 Å². The molecule has 0 aromatic carbocycles. The predicted molar refractivity (Wildman–Crippen MR) is 53.2 cm³/mol. The molecule has 0 spiro atoms. The highest BCUT2D eigenvalue weighted by Crippen LogP contribution is 2.22. The zero-order valence-corrected chi connectivity index (χ0v) is 9.00. The predicted octanol–water partition coefficient (Wildman–Crippen LogP) is 1.20. The molecule has 0 aromatic heterocycles. The normalized spacial score (nSPS) is 35.2. The van der Waals surface area contributed by atoms with Crippen LogP contribution in [0.5, 0.6) is 0 Å². The Kier molecular flexibility index (Phi) is 3.45. The van der Waals surface area contributed by atoms with E-state index in [-0.39, 0.29) is 6.04 Å². The minimum Gasteiger partial charge on any atom is -0.298 e. The first-order chi connectivity index (χ1) is 6.07. The van der Waals surface area contributed by atoms with Crippen LogP contribution in [0.25, 0.3) is 0 Å². The van der Waals surface area contributed by atoms with E-state index in [1.807, 2.05) is 19.0 Å². The zero-order chi connectivity index (χ0) is 10.0. The number of hydrogen-bond acceptors (Lipinski definition) is 3. The van der Waals surface area contributed by atoms with Gasteiger partial charge in [0, 0.05) is 19.5 Å². The molecule has 0 bridgehead atoms. The van der Waals surface area contributed by atoms with E-state index in [0.717, 1.165) is 6.42 Å². The molecule has 1 rings (SSSR count). The number of nitrogens with one attached hydrogen (secondary N) is 1. The fourth-order valence-electron chi connectivity index (χ4n) is 2.05. The molecule has 1 N–H and O–H groups in total. The molecule has 3 atom stereocenters. The van der Waals surface area contributed by atoms with Gasteiger partial charge in [-0.2, -0.15) is 0 Å². The fraction of sp³-hybridized carbons (Fsp3) is 0.900. The summed E-state index contributed by atoms with van der Waals surface area (Å²) in [6.45, 7) is 6.31. The lowest BCUT2D eigenvalue weighted by molar-refractivity contribution is -0.124. The number of hydrazine groups is 1. The van der Waals surface area contributed by atoms with Crippen LogP contribution >= 0.6 is 0 Å². The van der Waals surface area contributed by atoms with Crippen LogP contribution in [0, 0.1) is 5.92 Å². The Balaban J connectivity index is 2.62. The number of rotatable bonds is 3. The summed E-state index contributed by atoms with van der Waals surface area (Å²) >= 11 is 0. The third kappa shape index (κ3) is 2.09. The Morgan fingerprint density at radius 2 is 2.08 bits per heavy atom. The summed E-state index contributed by atoms with van der Waals surface area (Å²) in [5, 5.41) is 1.97. The average Bonchev–Trinajstić information content (AvgIpc) is 2.27. The van der Waals surface area contributed by atoms with Gasteiger partial charge in [-0.15, -0.1) is 0 Å². The average molecular weight is 184 g/mol. The molecule has 13 heavy (non-hydrogen) atoms. The van der Waals surface area contributed by atoms with E-state index in [9.17, 15) is 4.79 Å². The molecule has 1 saturated heterocycles. The first kappa shape index (κ1) is 10.7. The Morgan fingerprint density at radius 3 is 2.46 bits per heavy atom. The second-order valence-electron chi connectivity index (χ2n) is 4.05. The van der Waals surface area contributed by atoms with Crippen molar-refractivity contribution >= 4 is 5.78 Å². The summed E-state index contributed by atoms with van der Waals surface area (Å²) < 4.78 is 0. The van der Waals surface area contributed by atoms with Crippen LogP contribution in [0.3, 0.4) is 0 Å². The van der Waals surface area contributed by atoms with Crippen LogP contribution in [-0.4, -0.2) is 29.9 Å². The standard InChI is InChI=1S/C10H20N2O/c1-5-6-9(13)10-7(2)8(3)11-12(10)4/h7-8,10-11H,5-6H2,1-4H3. The monoisotopic (exact) mass is 184 g/mol. The first-order valence-electron chi connectivity index (χ1n) is 5.09. The van der Waals surface area contributed by atoms with E-state index >= 15 is 0 Å². The van der Waals surface area contributed by atoms with Crippen molar-refractivity contribution in [3.05, 3.63) is 0 Å². The SMILES string of the molecule is CCCC(=O)C1C(C)C(C)NN1C. The molecule has 3 heteroatoms. The Labute approximate surface area is 80.5 Å². The van der Waals surface area contributed by atoms with Crippen molar-refractivity contribution in [1.82, 2.24) is 10.4 Å². The Morgan fingerprint density at radius 1 is 1.46 bits per heavy atom. The quantitative estimate of drug-likeness (QED) is 0.715. The molecular formula is C10H20N2O. The minimum absolute atomic E-state index is 0.0787. The number of ketones is 1. The molecule has 0 saturated carbocycles. The summed E-state index contributed by atoms with van der Waals surface area (Å²) in [6, 6.07) is 0.491. The maximum absolute atomic E-state index is 11.7. The zero-order valence-electron chi connectivity index (χ0n) is 9.00. The van der Waals surface area contributed by atoms with Crippen LogP contribution in [0.15, 0.2) is 0 Å². The largest absolute Gasteiger partial charge is 0.298 e. The van der Waals surface area contributed by atoms with Crippen molar-refractivity contribution in [3.63, 3.8) is 0 Å². The van der Waals surface area contributed by atoms with Gasteiger partial charge in [-0.05, 0) is 19.3 Å². The van der Waals surface area contributed by atoms with Gasteiger partial charge in [0.1, 0.15) is 0 Å². The molecule has 0 aromatic rings. The van der Waals surface area contributed by atoms with Crippen molar-refractivity contribution in [2.24, 2.45) is 5.92 Å². The highest BCUT2D eigenvalue weighted by molar-refractivity contribution is 5.84. The van der Waals surface area contributed by atoms with Crippen LogP contribution in [0.4, 0.5) is 0 Å².